The summed E-state index contributed by atoms with van der Waals surface area (Å²) in [7, 11) is 0. The topological polar surface area (TPSA) is 50.2 Å². The number of para-hydroxylation sites is 1. The summed E-state index contributed by atoms with van der Waals surface area (Å²) in [5.74, 6) is 0.0746. The van der Waals surface area contributed by atoms with Crippen molar-refractivity contribution in [1.29, 1.82) is 0 Å². The van der Waals surface area contributed by atoms with E-state index in [4.69, 9.17) is 0 Å². The van der Waals surface area contributed by atoms with Crippen LogP contribution in [0.2, 0.25) is 0 Å². The molecule has 1 N–H and O–H groups in total. The van der Waals surface area contributed by atoms with Gasteiger partial charge in [0.1, 0.15) is 0 Å². The number of aromatic nitrogens is 2. The monoisotopic (exact) mass is 390 g/mol. The Bertz CT molecular complexity index is 872. The molecule has 0 saturated heterocycles. The van der Waals surface area contributed by atoms with Gasteiger partial charge in [-0.3, -0.25) is 9.69 Å². The Morgan fingerprint density at radius 2 is 1.69 bits per heavy atom. The Hall–Kier alpha value is -2.92. The number of amides is 1. The third-order valence-corrected chi connectivity index (χ3v) is 5.23. The fourth-order valence-corrected chi connectivity index (χ4v) is 3.57. The lowest BCUT2D eigenvalue weighted by molar-refractivity contribution is -0.121. The number of rotatable bonds is 10. The van der Waals surface area contributed by atoms with E-state index in [2.05, 4.69) is 53.4 Å². The minimum Gasteiger partial charge on any atom is -0.354 e. The van der Waals surface area contributed by atoms with Crippen LogP contribution in [0.5, 0.6) is 0 Å². The average Bonchev–Trinajstić information content (AvgIpc) is 3.25. The lowest BCUT2D eigenvalue weighted by Gasteiger charge is -2.30. The van der Waals surface area contributed by atoms with Crippen molar-refractivity contribution in [3.8, 4) is 5.69 Å². The maximum absolute atomic E-state index is 12.5. The molecule has 1 amide bonds. The second kappa shape index (κ2) is 10.6. The van der Waals surface area contributed by atoms with Gasteiger partial charge < -0.3 is 5.32 Å². The highest BCUT2D eigenvalue weighted by Crippen LogP contribution is 2.19. The Balaban J connectivity index is 1.54. The fraction of sp³-hybridized carbons (Fsp3) is 0.333. The van der Waals surface area contributed by atoms with Gasteiger partial charge in [-0.25, -0.2) is 4.68 Å². The van der Waals surface area contributed by atoms with Crippen LogP contribution in [-0.2, 0) is 11.2 Å². The fourth-order valence-electron chi connectivity index (χ4n) is 3.57. The molecule has 1 atom stereocenters. The van der Waals surface area contributed by atoms with Crippen LogP contribution < -0.4 is 5.32 Å². The van der Waals surface area contributed by atoms with E-state index in [0.29, 0.717) is 19.4 Å². The first-order valence-corrected chi connectivity index (χ1v) is 10.4. The van der Waals surface area contributed by atoms with Crippen LogP contribution in [0.4, 0.5) is 0 Å². The molecular formula is C24H30N4O. The summed E-state index contributed by atoms with van der Waals surface area (Å²) in [6.45, 7) is 6.83. The number of carbonyl (C=O) groups excluding carboxylic acids is 1. The number of likely N-dealkylation sites (N-methyl/N-ethyl adjacent to an activating group) is 1. The van der Waals surface area contributed by atoms with Crippen molar-refractivity contribution in [2.75, 3.05) is 19.6 Å². The summed E-state index contributed by atoms with van der Waals surface area (Å²) in [6.07, 6.45) is 4.97. The molecule has 0 radical (unpaired) electrons. The van der Waals surface area contributed by atoms with Crippen molar-refractivity contribution in [2.24, 2.45) is 0 Å². The van der Waals surface area contributed by atoms with Crippen molar-refractivity contribution >= 4 is 5.91 Å². The van der Waals surface area contributed by atoms with E-state index in [1.165, 1.54) is 5.56 Å². The van der Waals surface area contributed by atoms with E-state index < -0.39 is 0 Å². The molecule has 0 bridgehead atoms. The van der Waals surface area contributed by atoms with Gasteiger partial charge in [-0.1, -0.05) is 62.4 Å². The third kappa shape index (κ3) is 5.78. The molecule has 1 heterocycles. The molecule has 5 nitrogen and oxygen atoms in total. The van der Waals surface area contributed by atoms with Gasteiger partial charge in [-0.15, -0.1) is 0 Å². The highest BCUT2D eigenvalue weighted by molar-refractivity contribution is 5.76. The molecule has 29 heavy (non-hydrogen) atoms. The smallest absolute Gasteiger partial charge is 0.220 e. The van der Waals surface area contributed by atoms with Gasteiger partial charge in [0.05, 0.1) is 17.9 Å². The Labute approximate surface area is 173 Å². The predicted molar refractivity (Wildman–Crippen MR) is 117 cm³/mol. The first-order chi connectivity index (χ1) is 14.2. The summed E-state index contributed by atoms with van der Waals surface area (Å²) < 4.78 is 1.85. The maximum atomic E-state index is 12.5. The molecule has 2 aromatic carbocycles. The third-order valence-electron chi connectivity index (χ3n) is 5.23. The van der Waals surface area contributed by atoms with Crippen LogP contribution in [0.1, 0.15) is 37.4 Å². The van der Waals surface area contributed by atoms with Gasteiger partial charge in [0.25, 0.3) is 0 Å². The van der Waals surface area contributed by atoms with Crippen molar-refractivity contribution in [1.82, 2.24) is 20.0 Å². The summed E-state index contributed by atoms with van der Waals surface area (Å²) >= 11 is 0. The van der Waals surface area contributed by atoms with Gasteiger partial charge in [0.2, 0.25) is 5.91 Å². The zero-order valence-corrected chi connectivity index (χ0v) is 17.3. The number of carbonyl (C=O) groups is 1. The Kier molecular flexibility index (Phi) is 7.59. The lowest BCUT2D eigenvalue weighted by atomic mass is 10.0. The lowest BCUT2D eigenvalue weighted by Crippen LogP contribution is -2.38. The highest BCUT2D eigenvalue weighted by Gasteiger charge is 2.18. The molecule has 3 rings (SSSR count). The molecule has 0 spiro atoms. The maximum Gasteiger partial charge on any atom is 0.220 e. The van der Waals surface area contributed by atoms with Gasteiger partial charge in [0, 0.05) is 19.2 Å². The number of nitrogens with zero attached hydrogens (tertiary/aromatic N) is 3. The van der Waals surface area contributed by atoms with Crippen molar-refractivity contribution < 1.29 is 4.79 Å². The quantitative estimate of drug-likeness (QED) is 0.569. The summed E-state index contributed by atoms with van der Waals surface area (Å²) in [5, 5.41) is 7.53. The second-order valence-corrected chi connectivity index (χ2v) is 7.08. The first kappa shape index (κ1) is 20.8. The average molecular weight is 391 g/mol. The molecule has 0 fully saturated rings. The van der Waals surface area contributed by atoms with Crippen LogP contribution in [0.15, 0.2) is 73.1 Å². The molecule has 0 aliphatic heterocycles. The molecule has 152 valence electrons. The van der Waals surface area contributed by atoms with Gasteiger partial charge in [-0.05, 0) is 42.8 Å². The SMILES string of the molecule is CCN(CC)[C@@H](CNC(=O)CCc1cnn(-c2ccccc2)c1)c1ccccc1. The van der Waals surface area contributed by atoms with E-state index in [-0.39, 0.29) is 11.9 Å². The number of nitrogens with one attached hydrogen (secondary N) is 1. The Morgan fingerprint density at radius 3 is 2.34 bits per heavy atom. The molecule has 0 aliphatic rings. The van der Waals surface area contributed by atoms with E-state index in [0.717, 1.165) is 24.3 Å². The largest absolute Gasteiger partial charge is 0.354 e. The summed E-state index contributed by atoms with van der Waals surface area (Å²) in [5.41, 5.74) is 3.32. The predicted octanol–water partition coefficient (Wildman–Crippen LogP) is 4.00. The first-order valence-electron chi connectivity index (χ1n) is 10.4. The molecule has 3 aromatic rings. The van der Waals surface area contributed by atoms with E-state index >= 15 is 0 Å². The van der Waals surface area contributed by atoms with Crippen molar-refractivity contribution in [3.63, 3.8) is 0 Å². The van der Waals surface area contributed by atoms with E-state index in [1.54, 1.807) is 0 Å². The summed E-state index contributed by atoms with van der Waals surface area (Å²) in [6, 6.07) is 20.6. The molecular weight excluding hydrogens is 360 g/mol. The van der Waals surface area contributed by atoms with Gasteiger partial charge >= 0.3 is 0 Å². The van der Waals surface area contributed by atoms with Crippen molar-refractivity contribution in [3.05, 3.63) is 84.2 Å². The van der Waals surface area contributed by atoms with Crippen LogP contribution in [0.25, 0.3) is 5.69 Å². The van der Waals surface area contributed by atoms with Crippen LogP contribution in [0, 0.1) is 0 Å². The molecule has 0 aliphatic carbocycles. The minimum atomic E-state index is 0.0746. The molecule has 0 saturated carbocycles. The zero-order valence-electron chi connectivity index (χ0n) is 17.3. The number of hydrogen-bond acceptors (Lipinski definition) is 3. The molecule has 0 unspecified atom stereocenters. The molecule has 5 heteroatoms. The van der Waals surface area contributed by atoms with Crippen LogP contribution >= 0.6 is 0 Å². The zero-order chi connectivity index (χ0) is 20.5. The van der Waals surface area contributed by atoms with Crippen LogP contribution in [-0.4, -0.2) is 40.2 Å². The van der Waals surface area contributed by atoms with Crippen molar-refractivity contribution in [2.45, 2.75) is 32.7 Å². The summed E-state index contributed by atoms with van der Waals surface area (Å²) in [4.78, 5) is 14.8. The van der Waals surface area contributed by atoms with Crippen LogP contribution in [0.3, 0.4) is 0 Å². The van der Waals surface area contributed by atoms with Gasteiger partial charge in [-0.2, -0.15) is 5.10 Å². The van der Waals surface area contributed by atoms with E-state index in [9.17, 15) is 4.79 Å². The normalized spacial score (nSPS) is 12.1. The second-order valence-electron chi connectivity index (χ2n) is 7.08. The minimum absolute atomic E-state index is 0.0746. The number of hydrogen-bond donors (Lipinski definition) is 1. The number of aryl methyl sites for hydroxylation is 1. The van der Waals surface area contributed by atoms with Gasteiger partial charge in [0.15, 0.2) is 0 Å². The standard InChI is InChI=1S/C24H30N4O/c1-3-27(4-2)23(21-11-7-5-8-12-21)18-25-24(29)16-15-20-17-26-28(19-20)22-13-9-6-10-14-22/h5-14,17,19,23H,3-4,15-16,18H2,1-2H3,(H,25,29)/t23-/m0/s1. The Morgan fingerprint density at radius 1 is 1.03 bits per heavy atom. The molecule has 1 aromatic heterocycles. The number of benzene rings is 2. The highest BCUT2D eigenvalue weighted by atomic mass is 16.1. The van der Waals surface area contributed by atoms with E-state index in [1.807, 2.05) is 53.5 Å².